The van der Waals surface area contributed by atoms with Crippen molar-refractivity contribution in [3.63, 3.8) is 0 Å². The number of aromatic nitrogens is 1. The maximum atomic E-state index is 11.5. The van der Waals surface area contributed by atoms with E-state index in [1.54, 1.807) is 7.11 Å². The van der Waals surface area contributed by atoms with Gasteiger partial charge in [-0.05, 0) is 29.7 Å². The third-order valence-corrected chi connectivity index (χ3v) is 5.87. The zero-order valence-electron chi connectivity index (χ0n) is 24.2. The SMILES string of the molecule is CC(C)(C)C(=O)/C=C(\O)C(C)(C)C.COc1cc2cc(C(C)C)ccc2nc1-c1[c-]c(C)cc(C)c1.[Ir]. The summed E-state index contributed by atoms with van der Waals surface area (Å²) in [6, 6.07) is 16.1. The van der Waals surface area contributed by atoms with Crippen LogP contribution in [0, 0.1) is 30.7 Å². The van der Waals surface area contributed by atoms with Crippen LogP contribution >= 0.6 is 0 Å². The molecule has 1 aromatic heterocycles. The minimum absolute atomic E-state index is 0. The number of carbonyl (C=O) groups is 1. The molecular weight excluding hydrogens is 639 g/mol. The van der Waals surface area contributed by atoms with Crippen molar-refractivity contribution in [2.24, 2.45) is 10.8 Å². The molecule has 0 amide bonds. The van der Waals surface area contributed by atoms with Crippen LogP contribution in [0.2, 0.25) is 0 Å². The second-order valence-electron chi connectivity index (χ2n) is 11.8. The molecule has 0 aliphatic rings. The Labute approximate surface area is 236 Å². The smallest absolute Gasteiger partial charge is 0.164 e. The summed E-state index contributed by atoms with van der Waals surface area (Å²) in [5, 5.41) is 10.7. The van der Waals surface area contributed by atoms with Crippen molar-refractivity contribution < 1.29 is 34.7 Å². The van der Waals surface area contributed by atoms with E-state index in [9.17, 15) is 9.90 Å². The summed E-state index contributed by atoms with van der Waals surface area (Å²) in [4.78, 5) is 16.3. The molecule has 37 heavy (non-hydrogen) atoms. The number of ketones is 1. The number of nitrogens with zero attached hydrogens (tertiary/aromatic N) is 1. The van der Waals surface area contributed by atoms with Crippen molar-refractivity contribution in [3.05, 3.63) is 71.0 Å². The molecule has 0 aliphatic heterocycles. The molecule has 0 bridgehead atoms. The van der Waals surface area contributed by atoms with Gasteiger partial charge in [0.1, 0.15) is 11.5 Å². The first-order chi connectivity index (χ1) is 16.5. The number of methoxy groups -OCH3 is 1. The minimum atomic E-state index is -0.417. The van der Waals surface area contributed by atoms with Gasteiger partial charge in [-0.3, -0.25) is 9.78 Å². The van der Waals surface area contributed by atoms with Crippen LogP contribution in [0.3, 0.4) is 0 Å². The van der Waals surface area contributed by atoms with E-state index in [2.05, 4.69) is 70.2 Å². The molecule has 0 saturated heterocycles. The van der Waals surface area contributed by atoms with E-state index < -0.39 is 5.41 Å². The number of benzene rings is 2. The van der Waals surface area contributed by atoms with Crippen LogP contribution in [0.5, 0.6) is 5.75 Å². The van der Waals surface area contributed by atoms with Crippen LogP contribution in [-0.4, -0.2) is 23.0 Å². The number of rotatable bonds is 4. The molecule has 0 saturated carbocycles. The maximum absolute atomic E-state index is 11.5. The van der Waals surface area contributed by atoms with Gasteiger partial charge < -0.3 is 9.84 Å². The van der Waals surface area contributed by atoms with E-state index in [1.165, 1.54) is 17.2 Å². The fourth-order valence-corrected chi connectivity index (χ4v) is 3.46. The zero-order valence-corrected chi connectivity index (χ0v) is 26.6. The minimum Gasteiger partial charge on any atom is -0.512 e. The third-order valence-electron chi connectivity index (χ3n) is 5.87. The number of ether oxygens (including phenoxy) is 1. The Morgan fingerprint density at radius 1 is 1.00 bits per heavy atom. The molecule has 3 rings (SSSR count). The van der Waals surface area contributed by atoms with Crippen molar-refractivity contribution in [2.45, 2.75) is 75.2 Å². The number of aliphatic hydroxyl groups is 1. The van der Waals surface area contributed by atoms with Gasteiger partial charge in [0.2, 0.25) is 0 Å². The molecule has 0 spiro atoms. The van der Waals surface area contributed by atoms with Crippen LogP contribution in [-0.2, 0) is 24.9 Å². The van der Waals surface area contributed by atoms with Gasteiger partial charge >= 0.3 is 0 Å². The summed E-state index contributed by atoms with van der Waals surface area (Å²) in [6.07, 6.45) is 1.33. The molecule has 0 unspecified atom stereocenters. The molecule has 1 heterocycles. The van der Waals surface area contributed by atoms with Gasteiger partial charge in [0.05, 0.1) is 12.6 Å². The number of carbonyl (C=O) groups excluding carboxylic acids is 1. The Morgan fingerprint density at radius 3 is 2.11 bits per heavy atom. The third kappa shape index (κ3) is 9.09. The molecular formula is C32H42IrNO3-. The van der Waals surface area contributed by atoms with Crippen LogP contribution in [0.15, 0.2) is 48.2 Å². The van der Waals surface area contributed by atoms with Crippen LogP contribution in [0.4, 0.5) is 0 Å². The van der Waals surface area contributed by atoms with Gasteiger partial charge in [-0.1, -0.05) is 75.3 Å². The molecule has 2 aromatic carbocycles. The van der Waals surface area contributed by atoms with Gasteiger partial charge in [0.25, 0.3) is 0 Å². The van der Waals surface area contributed by atoms with Crippen molar-refractivity contribution in [2.75, 3.05) is 7.11 Å². The molecule has 1 N–H and O–H groups in total. The zero-order chi connectivity index (χ0) is 27.4. The summed E-state index contributed by atoms with van der Waals surface area (Å²) in [5.74, 6) is 1.39. The van der Waals surface area contributed by atoms with E-state index in [-0.39, 0.29) is 37.1 Å². The number of hydrogen-bond donors (Lipinski definition) is 1. The summed E-state index contributed by atoms with van der Waals surface area (Å²) >= 11 is 0. The second kappa shape index (κ2) is 12.8. The van der Waals surface area contributed by atoms with Crippen molar-refractivity contribution in [1.82, 2.24) is 4.98 Å². The largest absolute Gasteiger partial charge is 0.512 e. The van der Waals surface area contributed by atoms with Gasteiger partial charge in [-0.2, -0.15) is 0 Å². The molecule has 0 aliphatic carbocycles. The number of aryl methyl sites for hydroxylation is 2. The molecule has 1 radical (unpaired) electrons. The first-order valence-electron chi connectivity index (χ1n) is 12.5. The van der Waals surface area contributed by atoms with Gasteiger partial charge in [-0.15, -0.1) is 34.9 Å². The Morgan fingerprint density at radius 2 is 1.62 bits per heavy atom. The van der Waals surface area contributed by atoms with E-state index >= 15 is 0 Å². The first kappa shape index (κ1) is 32.5. The quantitative estimate of drug-likeness (QED) is 0.171. The van der Waals surface area contributed by atoms with Gasteiger partial charge in [0, 0.05) is 48.1 Å². The number of aliphatic hydroxyl groups excluding tert-OH is 1. The van der Waals surface area contributed by atoms with E-state index in [0.717, 1.165) is 33.5 Å². The van der Waals surface area contributed by atoms with Gasteiger partial charge in [0.15, 0.2) is 5.78 Å². The monoisotopic (exact) mass is 681 g/mol. The van der Waals surface area contributed by atoms with Crippen LogP contribution in [0.1, 0.15) is 78.0 Å². The van der Waals surface area contributed by atoms with Gasteiger partial charge in [-0.25, -0.2) is 0 Å². The van der Waals surface area contributed by atoms with E-state index in [4.69, 9.17) is 9.72 Å². The number of fused-ring (bicyclic) bond motifs is 1. The topological polar surface area (TPSA) is 59.4 Å². The first-order valence-corrected chi connectivity index (χ1v) is 12.5. The number of hydrogen-bond acceptors (Lipinski definition) is 4. The number of pyridine rings is 1. The average molecular weight is 681 g/mol. The average Bonchev–Trinajstić information content (AvgIpc) is 2.76. The van der Waals surface area contributed by atoms with E-state index in [0.29, 0.717) is 5.92 Å². The maximum Gasteiger partial charge on any atom is 0.164 e. The summed E-state index contributed by atoms with van der Waals surface area (Å²) < 4.78 is 5.61. The normalized spacial score (nSPS) is 12.1. The molecule has 203 valence electrons. The number of allylic oxidation sites excluding steroid dienone is 2. The Bertz CT molecular complexity index is 1240. The van der Waals surface area contributed by atoms with Crippen LogP contribution in [0.25, 0.3) is 22.2 Å². The standard InChI is InChI=1S/C21H22NO.C11H20O2.Ir/c1-13(2)16-6-7-19-17(11-16)12-20(23-5)21(22-19)18-9-14(3)8-15(4)10-18;1-10(2,3)8(12)7-9(13)11(4,5)6;/h6-9,11-13H,1-5H3;7,12H,1-6H3;/q-1;;/b;8-7-;. The summed E-state index contributed by atoms with van der Waals surface area (Å²) in [6.45, 7) is 19.7. The molecule has 0 fully saturated rings. The second-order valence-corrected chi connectivity index (χ2v) is 11.8. The summed E-state index contributed by atoms with van der Waals surface area (Å²) in [7, 11) is 1.70. The predicted molar refractivity (Wildman–Crippen MR) is 151 cm³/mol. The van der Waals surface area contributed by atoms with Crippen molar-refractivity contribution >= 4 is 16.7 Å². The molecule has 0 atom stereocenters. The van der Waals surface area contributed by atoms with Crippen molar-refractivity contribution in [3.8, 4) is 17.0 Å². The Balaban J connectivity index is 0.000000423. The molecule has 5 heteroatoms. The van der Waals surface area contributed by atoms with E-state index in [1.807, 2.05) is 41.5 Å². The Kier molecular flexibility index (Phi) is 11.3. The summed E-state index contributed by atoms with van der Waals surface area (Å²) in [5.41, 5.74) is 5.68. The molecule has 3 aromatic rings. The van der Waals surface area contributed by atoms with Crippen LogP contribution < -0.4 is 4.74 Å². The Hall–Kier alpha value is -2.49. The predicted octanol–water partition coefficient (Wildman–Crippen LogP) is 8.54. The fraction of sp³-hybridized carbons (Fsp3) is 0.438. The molecule has 4 nitrogen and oxygen atoms in total. The van der Waals surface area contributed by atoms with Crippen molar-refractivity contribution in [1.29, 1.82) is 0 Å². The fourth-order valence-electron chi connectivity index (χ4n) is 3.46.